The quantitative estimate of drug-likeness (QED) is 0.389. The molecule has 0 amide bonds. The largest absolute Gasteiger partial charge is 0.573 e. The fourth-order valence-corrected chi connectivity index (χ4v) is 7.26. The number of hydrogen-bond donors (Lipinski definition) is 0. The molecule has 0 heterocycles. The van der Waals surface area contributed by atoms with Crippen LogP contribution in [0, 0.1) is 47.1 Å². The van der Waals surface area contributed by atoms with Crippen molar-refractivity contribution < 1.29 is 26.7 Å². The SMILES string of the molecule is CCCC1CCC2C(CCC3CC(CCc4cc(F)c(OC(F)(F)F)c(F)c4)CCC32)C1. The molecular formula is C26H35F5O. The molecule has 32 heavy (non-hydrogen) atoms. The molecular weight excluding hydrogens is 423 g/mol. The Morgan fingerprint density at radius 1 is 0.812 bits per heavy atom. The maximum Gasteiger partial charge on any atom is 0.573 e. The highest BCUT2D eigenvalue weighted by molar-refractivity contribution is 5.31. The molecule has 6 atom stereocenters. The van der Waals surface area contributed by atoms with Crippen molar-refractivity contribution in [3.05, 3.63) is 29.3 Å². The van der Waals surface area contributed by atoms with Crippen molar-refractivity contribution in [1.82, 2.24) is 0 Å². The maximum atomic E-state index is 14.0. The first-order valence-corrected chi connectivity index (χ1v) is 12.5. The van der Waals surface area contributed by atoms with E-state index in [1.54, 1.807) is 0 Å². The van der Waals surface area contributed by atoms with Gasteiger partial charge in [-0.25, -0.2) is 8.78 Å². The number of fused-ring (bicyclic) bond motifs is 3. The highest BCUT2D eigenvalue weighted by atomic mass is 19.4. The predicted molar refractivity (Wildman–Crippen MR) is 114 cm³/mol. The summed E-state index contributed by atoms with van der Waals surface area (Å²) in [6.45, 7) is 2.29. The van der Waals surface area contributed by atoms with Crippen molar-refractivity contribution in [2.75, 3.05) is 0 Å². The van der Waals surface area contributed by atoms with E-state index < -0.39 is 23.7 Å². The Bertz CT molecular complexity index is 753. The van der Waals surface area contributed by atoms with Crippen molar-refractivity contribution in [3.8, 4) is 5.75 Å². The van der Waals surface area contributed by atoms with Crippen molar-refractivity contribution in [2.24, 2.45) is 35.5 Å². The molecule has 3 saturated carbocycles. The summed E-state index contributed by atoms with van der Waals surface area (Å²) in [5.74, 6) is 0.941. The van der Waals surface area contributed by atoms with Gasteiger partial charge in [-0.3, -0.25) is 0 Å². The Labute approximate surface area is 188 Å². The first kappa shape index (κ1) is 23.8. The van der Waals surface area contributed by atoms with Crippen molar-refractivity contribution in [3.63, 3.8) is 0 Å². The van der Waals surface area contributed by atoms with E-state index in [9.17, 15) is 22.0 Å². The van der Waals surface area contributed by atoms with E-state index in [2.05, 4.69) is 11.7 Å². The van der Waals surface area contributed by atoms with E-state index in [1.165, 1.54) is 57.8 Å². The zero-order valence-electron chi connectivity index (χ0n) is 18.9. The van der Waals surface area contributed by atoms with Gasteiger partial charge in [-0.15, -0.1) is 13.2 Å². The minimum Gasteiger partial charge on any atom is -0.399 e. The van der Waals surface area contributed by atoms with Gasteiger partial charge in [0.05, 0.1) is 0 Å². The Kier molecular flexibility index (Phi) is 7.36. The molecule has 3 aliphatic carbocycles. The van der Waals surface area contributed by atoms with Crippen LogP contribution in [0.2, 0.25) is 0 Å². The Hall–Kier alpha value is -1.33. The number of alkyl halides is 3. The van der Waals surface area contributed by atoms with Gasteiger partial charge in [-0.05, 0) is 105 Å². The summed E-state index contributed by atoms with van der Waals surface area (Å²) < 4.78 is 68.5. The molecule has 0 N–H and O–H groups in total. The summed E-state index contributed by atoms with van der Waals surface area (Å²) in [5, 5.41) is 0. The lowest BCUT2D eigenvalue weighted by Crippen LogP contribution is -2.41. The summed E-state index contributed by atoms with van der Waals surface area (Å²) in [5.41, 5.74) is 0.398. The minimum atomic E-state index is -5.11. The van der Waals surface area contributed by atoms with Crippen LogP contribution in [0.15, 0.2) is 12.1 Å². The number of benzene rings is 1. The highest BCUT2D eigenvalue weighted by Crippen LogP contribution is 2.54. The standard InChI is InChI=1S/C26H35F5O/c1-2-3-16-6-10-21-19(12-16)8-9-20-13-17(7-11-22(20)21)4-5-18-14-23(27)25(24(28)15-18)32-26(29,30)31/h14-17,19-22H,2-13H2,1H3. The lowest BCUT2D eigenvalue weighted by atomic mass is 9.55. The molecule has 0 spiro atoms. The van der Waals surface area contributed by atoms with Crippen LogP contribution in [0.1, 0.15) is 83.1 Å². The first-order chi connectivity index (χ1) is 15.2. The van der Waals surface area contributed by atoms with E-state index in [-0.39, 0.29) is 0 Å². The normalized spacial score (nSPS) is 32.8. The van der Waals surface area contributed by atoms with Crippen molar-refractivity contribution in [2.45, 2.75) is 90.3 Å². The summed E-state index contributed by atoms with van der Waals surface area (Å²) >= 11 is 0. The highest BCUT2D eigenvalue weighted by Gasteiger charge is 2.44. The van der Waals surface area contributed by atoms with E-state index >= 15 is 0 Å². The molecule has 0 bridgehead atoms. The fourth-order valence-electron chi connectivity index (χ4n) is 7.26. The van der Waals surface area contributed by atoms with Gasteiger partial charge in [0.15, 0.2) is 11.6 Å². The molecule has 1 nitrogen and oxygen atoms in total. The molecule has 1 aromatic carbocycles. The van der Waals surface area contributed by atoms with E-state index in [4.69, 9.17) is 0 Å². The summed E-state index contributed by atoms with van der Waals surface area (Å²) in [6, 6.07) is 1.96. The molecule has 3 aliphatic rings. The smallest absolute Gasteiger partial charge is 0.399 e. The van der Waals surface area contributed by atoms with Crippen LogP contribution in [0.3, 0.4) is 0 Å². The van der Waals surface area contributed by atoms with Gasteiger partial charge in [0.1, 0.15) is 0 Å². The average Bonchev–Trinajstić information content (AvgIpc) is 2.74. The Balaban J connectivity index is 1.30. The summed E-state index contributed by atoms with van der Waals surface area (Å²) in [6.07, 6.45) is 9.35. The van der Waals surface area contributed by atoms with Gasteiger partial charge >= 0.3 is 6.36 Å². The number of ether oxygens (including phenoxy) is 1. The van der Waals surface area contributed by atoms with Gasteiger partial charge in [0, 0.05) is 0 Å². The number of hydrogen-bond acceptors (Lipinski definition) is 1. The van der Waals surface area contributed by atoms with Crippen molar-refractivity contribution >= 4 is 0 Å². The molecule has 4 rings (SSSR count). The van der Waals surface area contributed by atoms with E-state index in [1.807, 2.05) is 0 Å². The Morgan fingerprint density at radius 2 is 1.34 bits per heavy atom. The summed E-state index contributed by atoms with van der Waals surface area (Å²) in [7, 11) is 0. The van der Waals surface area contributed by atoms with Crippen LogP contribution in [0.25, 0.3) is 0 Å². The lowest BCUT2D eigenvalue weighted by molar-refractivity contribution is -0.276. The molecule has 6 heteroatoms. The zero-order valence-corrected chi connectivity index (χ0v) is 18.9. The number of aryl methyl sites for hydroxylation is 1. The van der Waals surface area contributed by atoms with Crippen LogP contribution in [-0.4, -0.2) is 6.36 Å². The molecule has 180 valence electrons. The second-order valence-corrected chi connectivity index (χ2v) is 10.5. The van der Waals surface area contributed by atoms with Gasteiger partial charge in [-0.2, -0.15) is 0 Å². The fraction of sp³-hybridized carbons (Fsp3) is 0.769. The zero-order chi connectivity index (χ0) is 22.9. The molecule has 0 saturated heterocycles. The van der Waals surface area contributed by atoms with Gasteiger partial charge in [0.2, 0.25) is 5.75 Å². The van der Waals surface area contributed by atoms with Gasteiger partial charge < -0.3 is 4.74 Å². The molecule has 6 unspecified atom stereocenters. The predicted octanol–water partition coefficient (Wildman–Crippen LogP) is 8.45. The monoisotopic (exact) mass is 458 g/mol. The number of rotatable bonds is 6. The summed E-state index contributed by atoms with van der Waals surface area (Å²) in [4.78, 5) is 0. The lowest BCUT2D eigenvalue weighted by Gasteiger charge is -2.51. The second-order valence-electron chi connectivity index (χ2n) is 10.5. The first-order valence-electron chi connectivity index (χ1n) is 12.5. The second kappa shape index (κ2) is 9.89. The van der Waals surface area contributed by atoms with Crippen LogP contribution in [-0.2, 0) is 6.42 Å². The van der Waals surface area contributed by atoms with Crippen LogP contribution in [0.5, 0.6) is 5.75 Å². The third kappa shape index (κ3) is 5.59. The number of halogens is 5. The van der Waals surface area contributed by atoms with Crippen LogP contribution in [0.4, 0.5) is 22.0 Å². The molecule has 1 aromatic rings. The average molecular weight is 459 g/mol. The van der Waals surface area contributed by atoms with E-state index in [0.717, 1.165) is 54.6 Å². The topological polar surface area (TPSA) is 9.23 Å². The van der Waals surface area contributed by atoms with Gasteiger partial charge in [-0.1, -0.05) is 32.6 Å². The Morgan fingerprint density at radius 3 is 1.84 bits per heavy atom. The van der Waals surface area contributed by atoms with E-state index in [0.29, 0.717) is 17.9 Å². The van der Waals surface area contributed by atoms with Crippen molar-refractivity contribution in [1.29, 1.82) is 0 Å². The van der Waals surface area contributed by atoms with Crippen LogP contribution >= 0.6 is 0 Å². The third-order valence-electron chi connectivity index (χ3n) is 8.57. The molecule has 3 fully saturated rings. The molecule has 0 aromatic heterocycles. The minimum absolute atomic E-state index is 0.398. The molecule has 0 radical (unpaired) electrons. The van der Waals surface area contributed by atoms with Gasteiger partial charge in [0.25, 0.3) is 0 Å². The third-order valence-corrected chi connectivity index (χ3v) is 8.57. The maximum absolute atomic E-state index is 14.0. The van der Waals surface area contributed by atoms with Crippen LogP contribution < -0.4 is 4.74 Å². The molecule has 0 aliphatic heterocycles.